The van der Waals surface area contributed by atoms with Gasteiger partial charge in [0.25, 0.3) is 5.56 Å². The lowest BCUT2D eigenvalue weighted by Crippen LogP contribution is -2.40. The molecule has 4 aromatic rings. The molecule has 0 aliphatic carbocycles. The Hall–Kier alpha value is -4.91. The number of carbonyl (C=O) groups is 1. The number of likely N-dealkylation sites (N-methyl/N-ethyl adjacent to an activating group) is 1. The lowest BCUT2D eigenvalue weighted by Gasteiger charge is -2.33. The van der Waals surface area contributed by atoms with Crippen molar-refractivity contribution in [1.29, 1.82) is 0 Å². The molecule has 3 aromatic heterocycles. The first-order chi connectivity index (χ1) is 21.2. The monoisotopic (exact) mass is 605 g/mol. The van der Waals surface area contributed by atoms with Gasteiger partial charge in [-0.15, -0.1) is 0 Å². The van der Waals surface area contributed by atoms with Crippen molar-refractivity contribution >= 4 is 28.6 Å². The predicted octanol–water partition coefficient (Wildman–Crippen LogP) is 4.17. The van der Waals surface area contributed by atoms with E-state index >= 15 is 8.78 Å². The van der Waals surface area contributed by atoms with E-state index in [0.29, 0.717) is 43.5 Å². The SMILES string of the molecule is COc1cc(OC)c(F)c(-c2cc3cnc(Nc4cccnc4)nc3n(C3CCN(C(=O)/C=C/CN(C)C)CC3)c2=O)c1F. The summed E-state index contributed by atoms with van der Waals surface area (Å²) in [5, 5.41) is 3.46. The van der Waals surface area contributed by atoms with Gasteiger partial charge in [-0.2, -0.15) is 4.98 Å². The zero-order valence-electron chi connectivity index (χ0n) is 24.9. The molecular weight excluding hydrogens is 572 g/mol. The minimum Gasteiger partial charge on any atom is -0.494 e. The van der Waals surface area contributed by atoms with Crippen LogP contribution >= 0.6 is 0 Å². The summed E-state index contributed by atoms with van der Waals surface area (Å²) in [5.41, 5.74) is -0.526. The number of hydrogen-bond acceptors (Lipinski definition) is 9. The van der Waals surface area contributed by atoms with Crippen LogP contribution in [0.15, 0.2) is 59.8 Å². The molecule has 44 heavy (non-hydrogen) atoms. The summed E-state index contributed by atoms with van der Waals surface area (Å²) in [5.74, 6) is -2.51. The second kappa shape index (κ2) is 13.2. The summed E-state index contributed by atoms with van der Waals surface area (Å²) in [6, 6.07) is 5.59. The number of carbonyl (C=O) groups excluding carboxylic acids is 1. The van der Waals surface area contributed by atoms with Gasteiger partial charge in [0.2, 0.25) is 11.9 Å². The number of nitrogens with zero attached hydrogens (tertiary/aromatic N) is 6. The molecule has 0 unspecified atom stereocenters. The Kier molecular flexibility index (Phi) is 9.14. The molecule has 4 heterocycles. The number of benzene rings is 1. The van der Waals surface area contributed by atoms with Gasteiger partial charge in [0, 0.05) is 55.6 Å². The van der Waals surface area contributed by atoms with Gasteiger partial charge in [0.05, 0.1) is 37.2 Å². The number of halogens is 2. The summed E-state index contributed by atoms with van der Waals surface area (Å²) in [6.07, 6.45) is 8.92. The molecule has 1 aliphatic heterocycles. The summed E-state index contributed by atoms with van der Waals surface area (Å²) >= 11 is 0. The van der Waals surface area contributed by atoms with E-state index in [0.717, 1.165) is 6.07 Å². The van der Waals surface area contributed by atoms with Crippen molar-refractivity contribution < 1.29 is 23.0 Å². The number of rotatable bonds is 9. The molecule has 0 radical (unpaired) electrons. The molecular formula is C31H33F2N7O4. The highest BCUT2D eigenvalue weighted by atomic mass is 19.1. The fourth-order valence-corrected chi connectivity index (χ4v) is 5.20. The van der Waals surface area contributed by atoms with Crippen LogP contribution in [-0.4, -0.2) is 83.2 Å². The van der Waals surface area contributed by atoms with E-state index in [-0.39, 0.29) is 34.6 Å². The number of nitrogens with one attached hydrogen (secondary N) is 1. The quantitative estimate of drug-likeness (QED) is 0.281. The number of aromatic nitrogens is 4. The van der Waals surface area contributed by atoms with Crippen LogP contribution in [0.5, 0.6) is 11.5 Å². The lowest BCUT2D eigenvalue weighted by molar-refractivity contribution is -0.127. The molecule has 0 bridgehead atoms. The third kappa shape index (κ3) is 6.23. The molecule has 5 rings (SSSR count). The fourth-order valence-electron chi connectivity index (χ4n) is 5.20. The zero-order valence-corrected chi connectivity index (χ0v) is 24.9. The molecule has 11 nitrogen and oxygen atoms in total. The number of anilines is 2. The van der Waals surface area contributed by atoms with Crippen LogP contribution in [-0.2, 0) is 4.79 Å². The van der Waals surface area contributed by atoms with Gasteiger partial charge in [-0.05, 0) is 45.1 Å². The number of piperidine rings is 1. The van der Waals surface area contributed by atoms with E-state index in [9.17, 15) is 9.59 Å². The molecule has 1 fully saturated rings. The van der Waals surface area contributed by atoms with Gasteiger partial charge in [0.1, 0.15) is 5.65 Å². The van der Waals surface area contributed by atoms with E-state index in [1.165, 1.54) is 31.0 Å². The van der Waals surface area contributed by atoms with Crippen molar-refractivity contribution in [2.45, 2.75) is 18.9 Å². The topological polar surface area (TPSA) is 115 Å². The Morgan fingerprint density at radius 1 is 1.11 bits per heavy atom. The minimum atomic E-state index is -1.03. The Balaban J connectivity index is 1.61. The summed E-state index contributed by atoms with van der Waals surface area (Å²) in [4.78, 5) is 43.8. The number of amides is 1. The van der Waals surface area contributed by atoms with Crippen molar-refractivity contribution in [3.8, 4) is 22.6 Å². The van der Waals surface area contributed by atoms with Crippen LogP contribution in [0, 0.1) is 11.6 Å². The molecule has 1 aliphatic rings. The van der Waals surface area contributed by atoms with E-state index in [2.05, 4.69) is 20.3 Å². The average molecular weight is 606 g/mol. The van der Waals surface area contributed by atoms with Crippen molar-refractivity contribution in [3.05, 3.63) is 77.0 Å². The zero-order chi connectivity index (χ0) is 31.4. The summed E-state index contributed by atoms with van der Waals surface area (Å²) in [6.45, 7) is 1.40. The van der Waals surface area contributed by atoms with E-state index < -0.39 is 28.8 Å². The molecule has 0 saturated carbocycles. The van der Waals surface area contributed by atoms with Gasteiger partial charge >= 0.3 is 0 Å². The second-order valence-corrected chi connectivity index (χ2v) is 10.6. The smallest absolute Gasteiger partial charge is 0.260 e. The van der Waals surface area contributed by atoms with Gasteiger partial charge in [0.15, 0.2) is 23.1 Å². The minimum absolute atomic E-state index is 0.117. The Labute approximate surface area is 252 Å². The van der Waals surface area contributed by atoms with E-state index in [1.807, 2.05) is 19.0 Å². The molecule has 1 amide bonds. The van der Waals surface area contributed by atoms with Gasteiger partial charge in [-0.3, -0.25) is 19.1 Å². The van der Waals surface area contributed by atoms with E-state index in [4.69, 9.17) is 9.47 Å². The maximum Gasteiger partial charge on any atom is 0.260 e. The van der Waals surface area contributed by atoms with Crippen LogP contribution in [0.3, 0.4) is 0 Å². The van der Waals surface area contributed by atoms with Gasteiger partial charge < -0.3 is 24.6 Å². The average Bonchev–Trinajstić information content (AvgIpc) is 3.02. The highest BCUT2D eigenvalue weighted by molar-refractivity contribution is 5.87. The maximum atomic E-state index is 15.6. The van der Waals surface area contributed by atoms with Crippen LogP contribution in [0.2, 0.25) is 0 Å². The van der Waals surface area contributed by atoms with Crippen LogP contribution in [0.4, 0.5) is 20.4 Å². The van der Waals surface area contributed by atoms with Crippen molar-refractivity contribution in [2.75, 3.05) is 53.3 Å². The summed E-state index contributed by atoms with van der Waals surface area (Å²) < 4.78 is 42.9. The molecule has 1 aromatic carbocycles. The van der Waals surface area contributed by atoms with Crippen molar-refractivity contribution in [1.82, 2.24) is 29.3 Å². The number of ether oxygens (including phenoxy) is 2. The normalized spacial score (nSPS) is 14.0. The first-order valence-electron chi connectivity index (χ1n) is 14.0. The first-order valence-corrected chi connectivity index (χ1v) is 14.0. The number of pyridine rings is 2. The molecule has 0 atom stereocenters. The highest BCUT2D eigenvalue weighted by Crippen LogP contribution is 2.38. The Morgan fingerprint density at radius 3 is 2.43 bits per heavy atom. The van der Waals surface area contributed by atoms with E-state index in [1.54, 1.807) is 41.6 Å². The standard InChI is InChI=1S/C31H33F2N7O4/c1-38(2)12-6-8-25(41)39-13-9-21(10-14-39)40-29-19(17-35-31(37-29)36-20-7-5-11-34-18-20)15-22(30(40)42)26-27(32)23(43-3)16-24(44-4)28(26)33/h5-8,11,15-18,21H,9-10,12-14H2,1-4H3,(H,35,36,37)/b8-6+. The van der Waals surface area contributed by atoms with Crippen LogP contribution in [0.1, 0.15) is 18.9 Å². The molecule has 1 N–H and O–H groups in total. The van der Waals surface area contributed by atoms with Gasteiger partial charge in [-0.1, -0.05) is 6.08 Å². The molecule has 13 heteroatoms. The van der Waals surface area contributed by atoms with Crippen molar-refractivity contribution in [2.24, 2.45) is 0 Å². The van der Waals surface area contributed by atoms with Crippen LogP contribution < -0.4 is 20.3 Å². The van der Waals surface area contributed by atoms with Gasteiger partial charge in [-0.25, -0.2) is 13.8 Å². The highest BCUT2D eigenvalue weighted by Gasteiger charge is 2.29. The maximum absolute atomic E-state index is 15.6. The number of methoxy groups -OCH3 is 2. The summed E-state index contributed by atoms with van der Waals surface area (Å²) in [7, 11) is 6.31. The Morgan fingerprint density at radius 2 is 1.82 bits per heavy atom. The third-order valence-electron chi connectivity index (χ3n) is 7.41. The van der Waals surface area contributed by atoms with Crippen LogP contribution in [0.25, 0.3) is 22.2 Å². The number of fused-ring (bicyclic) bond motifs is 1. The largest absolute Gasteiger partial charge is 0.494 e. The molecule has 230 valence electrons. The number of likely N-dealkylation sites (tertiary alicyclic amines) is 1. The number of hydrogen-bond donors (Lipinski definition) is 1. The fraction of sp³-hybridized carbons (Fsp3) is 0.323. The Bertz CT molecular complexity index is 1730. The third-order valence-corrected chi connectivity index (χ3v) is 7.41. The molecule has 1 saturated heterocycles. The molecule has 0 spiro atoms. The predicted molar refractivity (Wildman–Crippen MR) is 162 cm³/mol. The second-order valence-electron chi connectivity index (χ2n) is 10.6. The first kappa shape index (κ1) is 30.5. The lowest BCUT2D eigenvalue weighted by atomic mass is 10.0. The van der Waals surface area contributed by atoms with Crippen molar-refractivity contribution in [3.63, 3.8) is 0 Å².